The fourth-order valence-corrected chi connectivity index (χ4v) is 5.07. The van der Waals surface area contributed by atoms with E-state index in [4.69, 9.17) is 9.47 Å². The van der Waals surface area contributed by atoms with Crippen LogP contribution in [0, 0.1) is 0 Å². The molecule has 184 valence electrons. The summed E-state index contributed by atoms with van der Waals surface area (Å²) in [5.74, 6) is 0.680. The van der Waals surface area contributed by atoms with Crippen molar-refractivity contribution in [3.8, 4) is 11.5 Å². The van der Waals surface area contributed by atoms with Gasteiger partial charge in [-0.15, -0.1) is 0 Å². The van der Waals surface area contributed by atoms with Crippen LogP contribution in [0.4, 0.5) is 17.1 Å². The zero-order valence-electron chi connectivity index (χ0n) is 20.1. The minimum atomic E-state index is -0.326. The monoisotopic (exact) mass is 478 g/mol. The third-order valence-electron chi connectivity index (χ3n) is 6.89. The molecule has 35 heavy (non-hydrogen) atoms. The summed E-state index contributed by atoms with van der Waals surface area (Å²) in [4.78, 5) is 45.0. The van der Waals surface area contributed by atoms with Crippen LogP contribution in [0.3, 0.4) is 0 Å². The van der Waals surface area contributed by atoms with Gasteiger partial charge in [-0.3, -0.25) is 19.3 Å². The molecule has 2 aromatic carbocycles. The molecule has 2 aromatic rings. The molecule has 1 saturated heterocycles. The van der Waals surface area contributed by atoms with Crippen LogP contribution in [-0.4, -0.2) is 61.6 Å². The molecule has 0 bridgehead atoms. The molecule has 1 N–H and O–H groups in total. The number of nitrogens with zero attached hydrogens (tertiary/aromatic N) is 3. The molecule has 0 aromatic heterocycles. The van der Waals surface area contributed by atoms with Gasteiger partial charge >= 0.3 is 0 Å². The van der Waals surface area contributed by atoms with Gasteiger partial charge in [0.2, 0.25) is 18.6 Å². The molecular formula is C26H30N4O5. The molecular weight excluding hydrogens is 448 g/mol. The maximum Gasteiger partial charge on any atom is 0.253 e. The number of fused-ring (bicyclic) bond motifs is 4. The topological polar surface area (TPSA) is 91.4 Å². The Balaban J connectivity index is 1.44. The van der Waals surface area contributed by atoms with E-state index in [1.165, 1.54) is 4.90 Å². The van der Waals surface area contributed by atoms with Crippen molar-refractivity contribution in [3.63, 3.8) is 0 Å². The number of piperidine rings is 1. The van der Waals surface area contributed by atoms with Crippen molar-refractivity contribution in [1.82, 2.24) is 4.90 Å². The SMILES string of the molecule is CCN(CC)C(=O)c1ccc2c(c1)N(CC(=O)Nc1ccc3c(c1)OCO3)C(=O)[C@@H]1CCCCN21. The number of anilines is 3. The van der Waals surface area contributed by atoms with Gasteiger partial charge < -0.3 is 24.6 Å². The van der Waals surface area contributed by atoms with E-state index in [2.05, 4.69) is 10.2 Å². The van der Waals surface area contributed by atoms with E-state index in [0.717, 1.165) is 31.5 Å². The first-order valence-corrected chi connectivity index (χ1v) is 12.2. The number of hydrogen-bond acceptors (Lipinski definition) is 6. The molecule has 9 nitrogen and oxygen atoms in total. The van der Waals surface area contributed by atoms with Gasteiger partial charge in [0.05, 0.1) is 11.4 Å². The Morgan fingerprint density at radius 3 is 2.63 bits per heavy atom. The van der Waals surface area contributed by atoms with Crippen molar-refractivity contribution >= 4 is 34.8 Å². The first-order valence-electron chi connectivity index (χ1n) is 12.2. The van der Waals surface area contributed by atoms with Crippen molar-refractivity contribution in [2.45, 2.75) is 39.2 Å². The Hall–Kier alpha value is -3.75. The summed E-state index contributed by atoms with van der Waals surface area (Å²) in [6, 6.07) is 10.4. The summed E-state index contributed by atoms with van der Waals surface area (Å²) in [5, 5.41) is 2.86. The van der Waals surface area contributed by atoms with Gasteiger partial charge in [-0.2, -0.15) is 0 Å². The highest BCUT2D eigenvalue weighted by atomic mass is 16.7. The molecule has 3 amide bonds. The predicted molar refractivity (Wildman–Crippen MR) is 132 cm³/mol. The zero-order chi connectivity index (χ0) is 24.5. The number of benzene rings is 2. The second-order valence-electron chi connectivity index (χ2n) is 8.93. The third-order valence-corrected chi connectivity index (χ3v) is 6.89. The summed E-state index contributed by atoms with van der Waals surface area (Å²) < 4.78 is 10.7. The fraction of sp³-hybridized carbons (Fsp3) is 0.423. The second-order valence-corrected chi connectivity index (χ2v) is 8.93. The van der Waals surface area contributed by atoms with E-state index < -0.39 is 0 Å². The van der Waals surface area contributed by atoms with Crippen molar-refractivity contribution in [1.29, 1.82) is 0 Å². The van der Waals surface area contributed by atoms with Crippen LogP contribution >= 0.6 is 0 Å². The van der Waals surface area contributed by atoms with Crippen LogP contribution in [0.5, 0.6) is 11.5 Å². The van der Waals surface area contributed by atoms with Crippen molar-refractivity contribution in [2.24, 2.45) is 0 Å². The van der Waals surface area contributed by atoms with E-state index in [0.29, 0.717) is 41.5 Å². The number of amides is 3. The number of carbonyl (C=O) groups excluding carboxylic acids is 3. The Morgan fingerprint density at radius 1 is 1.03 bits per heavy atom. The van der Waals surface area contributed by atoms with Crippen molar-refractivity contribution < 1.29 is 23.9 Å². The van der Waals surface area contributed by atoms with Crippen LogP contribution in [0.15, 0.2) is 36.4 Å². The van der Waals surface area contributed by atoms with Gasteiger partial charge in [0.25, 0.3) is 5.91 Å². The van der Waals surface area contributed by atoms with Crippen LogP contribution in [0.1, 0.15) is 43.5 Å². The number of ether oxygens (including phenoxy) is 2. The standard InChI is InChI=1S/C26H30N4O5/c1-3-28(4-2)25(32)17-8-10-19-21(13-17)30(26(33)20-7-5-6-12-29(19)20)15-24(31)27-18-9-11-22-23(14-18)35-16-34-22/h8-11,13-14,20H,3-7,12,15-16H2,1-2H3,(H,27,31)/t20-/m0/s1. The van der Waals surface area contributed by atoms with Gasteiger partial charge in [-0.25, -0.2) is 0 Å². The Bertz CT molecular complexity index is 1160. The van der Waals surface area contributed by atoms with E-state index in [-0.39, 0.29) is 37.1 Å². The second kappa shape index (κ2) is 9.48. The minimum absolute atomic E-state index is 0.0872. The Morgan fingerprint density at radius 2 is 1.83 bits per heavy atom. The molecule has 1 fully saturated rings. The first kappa shape index (κ1) is 23.0. The van der Waals surface area contributed by atoms with Crippen LogP contribution < -0.4 is 24.6 Å². The number of nitrogens with one attached hydrogen (secondary N) is 1. The molecule has 0 saturated carbocycles. The van der Waals surface area contributed by atoms with Crippen LogP contribution in [-0.2, 0) is 9.59 Å². The quantitative estimate of drug-likeness (QED) is 0.686. The highest BCUT2D eigenvalue weighted by Gasteiger charge is 2.40. The summed E-state index contributed by atoms with van der Waals surface area (Å²) in [5.41, 5.74) is 2.57. The Kier molecular flexibility index (Phi) is 6.23. The van der Waals surface area contributed by atoms with Crippen molar-refractivity contribution in [2.75, 3.05) is 48.1 Å². The fourth-order valence-electron chi connectivity index (χ4n) is 5.07. The molecule has 0 aliphatic carbocycles. The van der Waals surface area contributed by atoms with Gasteiger partial charge in [-0.05, 0) is 63.4 Å². The summed E-state index contributed by atoms with van der Waals surface area (Å²) >= 11 is 0. The summed E-state index contributed by atoms with van der Waals surface area (Å²) in [7, 11) is 0. The summed E-state index contributed by atoms with van der Waals surface area (Å²) in [6.45, 7) is 5.86. The highest BCUT2D eigenvalue weighted by Crippen LogP contribution is 2.40. The van der Waals surface area contributed by atoms with Crippen molar-refractivity contribution in [3.05, 3.63) is 42.0 Å². The lowest BCUT2D eigenvalue weighted by atomic mass is 9.95. The smallest absolute Gasteiger partial charge is 0.253 e. The average Bonchev–Trinajstić information content (AvgIpc) is 3.35. The molecule has 3 heterocycles. The molecule has 1 atom stereocenters. The first-order chi connectivity index (χ1) is 17.0. The molecule has 0 radical (unpaired) electrons. The molecule has 0 spiro atoms. The zero-order valence-corrected chi connectivity index (χ0v) is 20.1. The molecule has 3 aliphatic heterocycles. The van der Waals surface area contributed by atoms with Gasteiger partial charge in [0, 0.05) is 37.0 Å². The van der Waals surface area contributed by atoms with Crippen LogP contribution in [0.25, 0.3) is 0 Å². The van der Waals surface area contributed by atoms with Gasteiger partial charge in [0.1, 0.15) is 12.6 Å². The maximum atomic E-state index is 13.6. The normalized spacial score (nSPS) is 18.1. The largest absolute Gasteiger partial charge is 0.454 e. The molecule has 0 unspecified atom stereocenters. The number of rotatable bonds is 6. The van der Waals surface area contributed by atoms with Crippen LogP contribution in [0.2, 0.25) is 0 Å². The molecule has 3 aliphatic rings. The molecule has 9 heteroatoms. The van der Waals surface area contributed by atoms with E-state index in [9.17, 15) is 14.4 Å². The van der Waals surface area contributed by atoms with E-state index in [1.807, 2.05) is 26.0 Å². The van der Waals surface area contributed by atoms with E-state index in [1.54, 1.807) is 29.2 Å². The van der Waals surface area contributed by atoms with Gasteiger partial charge in [0.15, 0.2) is 11.5 Å². The third kappa shape index (κ3) is 4.26. The predicted octanol–water partition coefficient (Wildman–Crippen LogP) is 3.24. The van der Waals surface area contributed by atoms with E-state index >= 15 is 0 Å². The molecule has 5 rings (SSSR count). The number of hydrogen-bond donors (Lipinski definition) is 1. The lowest BCUT2D eigenvalue weighted by Gasteiger charge is -2.45. The highest BCUT2D eigenvalue weighted by molar-refractivity contribution is 6.11. The summed E-state index contributed by atoms with van der Waals surface area (Å²) in [6.07, 6.45) is 2.73. The lowest BCUT2D eigenvalue weighted by Crippen LogP contribution is -2.56. The lowest BCUT2D eigenvalue weighted by molar-refractivity contribution is -0.123. The average molecular weight is 479 g/mol. The minimum Gasteiger partial charge on any atom is -0.454 e. The number of carbonyl (C=O) groups is 3. The van der Waals surface area contributed by atoms with Gasteiger partial charge in [-0.1, -0.05) is 0 Å². The Labute approximate surface area is 204 Å². The maximum absolute atomic E-state index is 13.6.